The Morgan fingerprint density at radius 1 is 1.35 bits per heavy atom. The molecule has 1 aliphatic rings. The molecule has 0 saturated heterocycles. The van der Waals surface area contributed by atoms with E-state index < -0.39 is 5.60 Å². The van der Waals surface area contributed by atoms with Gasteiger partial charge in [0.15, 0.2) is 0 Å². The molecule has 2 atom stereocenters. The number of hydrogen-bond donors (Lipinski definition) is 1. The van der Waals surface area contributed by atoms with Gasteiger partial charge in [-0.3, -0.25) is 4.68 Å². The molecule has 0 aromatic carbocycles. The minimum absolute atomic E-state index is 0.512. The summed E-state index contributed by atoms with van der Waals surface area (Å²) in [6, 6.07) is 2.13. The van der Waals surface area contributed by atoms with Gasteiger partial charge in [-0.25, -0.2) is 0 Å². The van der Waals surface area contributed by atoms with Crippen LogP contribution >= 0.6 is 0 Å². The van der Waals surface area contributed by atoms with Crippen LogP contribution in [0, 0.1) is 12.8 Å². The molecule has 1 saturated carbocycles. The van der Waals surface area contributed by atoms with Crippen LogP contribution < -0.4 is 0 Å². The van der Waals surface area contributed by atoms with Gasteiger partial charge >= 0.3 is 0 Å². The second kappa shape index (κ2) is 6.75. The fourth-order valence-electron chi connectivity index (χ4n) is 3.69. The van der Waals surface area contributed by atoms with Crippen LogP contribution in [0.25, 0.3) is 0 Å². The van der Waals surface area contributed by atoms with E-state index in [1.165, 1.54) is 37.8 Å². The normalized spacial score (nSPS) is 27.5. The lowest BCUT2D eigenvalue weighted by atomic mass is 9.88. The Hall–Kier alpha value is -0.830. The Labute approximate surface area is 123 Å². The summed E-state index contributed by atoms with van der Waals surface area (Å²) in [6.07, 6.45) is 8.90. The van der Waals surface area contributed by atoms with Crippen LogP contribution in [0.15, 0.2) is 6.07 Å². The van der Waals surface area contributed by atoms with Gasteiger partial charge in [-0.15, -0.1) is 0 Å². The first kappa shape index (κ1) is 15.6. The first-order valence-corrected chi connectivity index (χ1v) is 8.32. The van der Waals surface area contributed by atoms with Gasteiger partial charge in [0.2, 0.25) is 0 Å². The molecule has 20 heavy (non-hydrogen) atoms. The highest BCUT2D eigenvalue weighted by atomic mass is 16.3. The van der Waals surface area contributed by atoms with Crippen LogP contribution in [-0.2, 0) is 13.0 Å². The van der Waals surface area contributed by atoms with Gasteiger partial charge in [-0.2, -0.15) is 5.10 Å². The Morgan fingerprint density at radius 3 is 2.85 bits per heavy atom. The zero-order valence-corrected chi connectivity index (χ0v) is 13.4. The predicted octanol–water partition coefficient (Wildman–Crippen LogP) is 3.87. The lowest BCUT2D eigenvalue weighted by Crippen LogP contribution is -2.31. The fraction of sp³-hybridized carbons (Fsp3) is 0.824. The highest BCUT2D eigenvalue weighted by Crippen LogP contribution is 2.34. The maximum absolute atomic E-state index is 11.0. The molecule has 1 N–H and O–H groups in total. The molecule has 0 aliphatic heterocycles. The largest absolute Gasteiger partial charge is 0.389 e. The van der Waals surface area contributed by atoms with Crippen molar-refractivity contribution in [1.82, 2.24) is 9.78 Å². The van der Waals surface area contributed by atoms with Gasteiger partial charge in [0, 0.05) is 18.7 Å². The molecular formula is C17H30N2O. The summed E-state index contributed by atoms with van der Waals surface area (Å²) in [7, 11) is 0. The highest BCUT2D eigenvalue weighted by Gasteiger charge is 2.31. The average molecular weight is 278 g/mol. The van der Waals surface area contributed by atoms with E-state index >= 15 is 0 Å². The van der Waals surface area contributed by atoms with Gasteiger partial charge in [0.05, 0.1) is 11.3 Å². The maximum Gasteiger partial charge on any atom is 0.0703 e. The lowest BCUT2D eigenvalue weighted by Gasteiger charge is -2.27. The fourth-order valence-corrected chi connectivity index (χ4v) is 3.69. The predicted molar refractivity (Wildman–Crippen MR) is 82.8 cm³/mol. The van der Waals surface area contributed by atoms with Gasteiger partial charge in [-0.1, -0.05) is 32.6 Å². The smallest absolute Gasteiger partial charge is 0.0703 e. The molecular weight excluding hydrogens is 248 g/mol. The molecule has 0 radical (unpaired) electrons. The second-order valence-electron chi connectivity index (χ2n) is 6.58. The molecule has 3 heteroatoms. The number of aromatic nitrogens is 2. The van der Waals surface area contributed by atoms with Crippen molar-refractivity contribution in [2.45, 2.75) is 84.3 Å². The lowest BCUT2D eigenvalue weighted by molar-refractivity contribution is 0.0222. The molecule has 1 heterocycles. The van der Waals surface area contributed by atoms with Crippen molar-refractivity contribution < 1.29 is 5.11 Å². The topological polar surface area (TPSA) is 38.1 Å². The van der Waals surface area contributed by atoms with E-state index in [4.69, 9.17) is 0 Å². The number of rotatable bonds is 5. The zero-order valence-electron chi connectivity index (χ0n) is 13.4. The van der Waals surface area contributed by atoms with Crippen molar-refractivity contribution >= 4 is 0 Å². The summed E-state index contributed by atoms with van der Waals surface area (Å²) in [5, 5.41) is 15.5. The van der Waals surface area contributed by atoms with E-state index in [1.54, 1.807) is 0 Å². The molecule has 114 valence electrons. The number of aryl methyl sites for hydroxylation is 2. The van der Waals surface area contributed by atoms with Gasteiger partial charge in [0.25, 0.3) is 0 Å². The van der Waals surface area contributed by atoms with Crippen LogP contribution in [0.3, 0.4) is 0 Å². The number of aliphatic hydroxyl groups is 1. The van der Waals surface area contributed by atoms with Crippen LogP contribution in [0.4, 0.5) is 0 Å². The van der Waals surface area contributed by atoms with E-state index in [9.17, 15) is 5.11 Å². The van der Waals surface area contributed by atoms with E-state index in [0.717, 1.165) is 37.4 Å². The van der Waals surface area contributed by atoms with Gasteiger partial charge in [-0.05, 0) is 45.1 Å². The summed E-state index contributed by atoms with van der Waals surface area (Å²) in [4.78, 5) is 0. The summed E-state index contributed by atoms with van der Waals surface area (Å²) in [5.74, 6) is 0.826. The minimum Gasteiger partial charge on any atom is -0.389 e. The third-order valence-electron chi connectivity index (χ3n) is 4.76. The number of nitrogens with zero attached hydrogens (tertiary/aromatic N) is 2. The summed E-state index contributed by atoms with van der Waals surface area (Å²) in [6.45, 7) is 7.30. The summed E-state index contributed by atoms with van der Waals surface area (Å²) >= 11 is 0. The van der Waals surface area contributed by atoms with Crippen molar-refractivity contribution in [3.8, 4) is 0 Å². The molecule has 3 nitrogen and oxygen atoms in total. The Morgan fingerprint density at radius 2 is 2.15 bits per heavy atom. The van der Waals surface area contributed by atoms with Crippen LogP contribution in [0.2, 0.25) is 0 Å². The molecule has 2 unspecified atom stereocenters. The van der Waals surface area contributed by atoms with Crippen molar-refractivity contribution in [3.05, 3.63) is 17.5 Å². The molecule has 1 aromatic heterocycles. The van der Waals surface area contributed by atoms with Crippen molar-refractivity contribution in [1.29, 1.82) is 0 Å². The van der Waals surface area contributed by atoms with E-state index in [2.05, 4.69) is 25.0 Å². The van der Waals surface area contributed by atoms with Crippen LogP contribution in [0.5, 0.6) is 0 Å². The molecule has 1 aromatic rings. The molecule has 1 aliphatic carbocycles. The molecule has 2 rings (SSSR count). The molecule has 0 amide bonds. The second-order valence-corrected chi connectivity index (χ2v) is 6.58. The third kappa shape index (κ3) is 3.85. The molecule has 0 bridgehead atoms. The Balaban J connectivity index is 2.03. The van der Waals surface area contributed by atoms with Gasteiger partial charge in [0.1, 0.15) is 0 Å². The van der Waals surface area contributed by atoms with Crippen molar-refractivity contribution in [3.63, 3.8) is 0 Å². The third-order valence-corrected chi connectivity index (χ3v) is 4.76. The monoisotopic (exact) mass is 278 g/mol. The van der Waals surface area contributed by atoms with Crippen LogP contribution in [-0.4, -0.2) is 20.5 Å². The van der Waals surface area contributed by atoms with E-state index in [1.807, 2.05) is 11.6 Å². The van der Waals surface area contributed by atoms with Crippen LogP contribution in [0.1, 0.15) is 70.2 Å². The SMILES string of the molecule is CCCC1CCCC(O)(Cc2cc(C)nn2CC)CC1. The quantitative estimate of drug-likeness (QED) is 0.830. The molecule has 0 spiro atoms. The summed E-state index contributed by atoms with van der Waals surface area (Å²) < 4.78 is 2.04. The first-order chi connectivity index (χ1) is 9.56. The summed E-state index contributed by atoms with van der Waals surface area (Å²) in [5.41, 5.74) is 1.74. The van der Waals surface area contributed by atoms with Crippen molar-refractivity contribution in [2.24, 2.45) is 5.92 Å². The first-order valence-electron chi connectivity index (χ1n) is 8.32. The average Bonchev–Trinajstić information content (AvgIpc) is 2.64. The highest BCUT2D eigenvalue weighted by molar-refractivity contribution is 5.12. The van der Waals surface area contributed by atoms with Crippen molar-refractivity contribution in [2.75, 3.05) is 0 Å². The standard InChI is InChI=1S/C17H30N2O/c1-4-7-15-8-6-10-17(20,11-9-15)13-16-12-14(3)18-19(16)5-2/h12,15,20H,4-11,13H2,1-3H3. The minimum atomic E-state index is -0.512. The zero-order chi connectivity index (χ0) is 14.6. The van der Waals surface area contributed by atoms with E-state index in [0.29, 0.717) is 0 Å². The molecule has 1 fully saturated rings. The van der Waals surface area contributed by atoms with Gasteiger partial charge < -0.3 is 5.11 Å². The Bertz CT molecular complexity index is 427. The Kier molecular flexibility index (Phi) is 5.25. The van der Waals surface area contributed by atoms with E-state index in [-0.39, 0.29) is 0 Å². The number of hydrogen-bond acceptors (Lipinski definition) is 2. The maximum atomic E-state index is 11.0.